The molecular formula is C24H28N2O6S2. The molecule has 182 valence electrons. The highest BCUT2D eigenvalue weighted by molar-refractivity contribution is 7.90. The number of anilines is 1. The number of rotatable bonds is 11. The maximum atomic E-state index is 11.7. The fraction of sp³-hybridized carbons (Fsp3) is 0.292. The van der Waals surface area contributed by atoms with Crippen LogP contribution in [0.3, 0.4) is 0 Å². The fourth-order valence-corrected chi connectivity index (χ4v) is 4.45. The molecule has 2 aromatic carbocycles. The third-order valence-corrected chi connectivity index (χ3v) is 6.57. The van der Waals surface area contributed by atoms with E-state index in [0.29, 0.717) is 45.9 Å². The van der Waals surface area contributed by atoms with Crippen LogP contribution in [0.2, 0.25) is 0 Å². The van der Waals surface area contributed by atoms with Gasteiger partial charge in [0.05, 0.1) is 23.3 Å². The van der Waals surface area contributed by atoms with Crippen molar-refractivity contribution in [2.24, 2.45) is 0 Å². The molecule has 3 aromatic rings. The van der Waals surface area contributed by atoms with Crippen molar-refractivity contribution in [3.05, 3.63) is 65.7 Å². The van der Waals surface area contributed by atoms with Gasteiger partial charge in [-0.1, -0.05) is 6.58 Å². The van der Waals surface area contributed by atoms with Gasteiger partial charge < -0.3 is 24.6 Å². The number of aromatic nitrogens is 1. The summed E-state index contributed by atoms with van der Waals surface area (Å²) in [6.07, 6.45) is 0.298. The van der Waals surface area contributed by atoms with Gasteiger partial charge in [-0.2, -0.15) is 0 Å². The summed E-state index contributed by atoms with van der Waals surface area (Å²) in [5, 5.41) is 15.2. The summed E-state index contributed by atoms with van der Waals surface area (Å²) < 4.78 is 40.5. The first-order valence-corrected chi connectivity index (χ1v) is 13.2. The Kier molecular flexibility index (Phi) is 8.32. The van der Waals surface area contributed by atoms with Gasteiger partial charge in [0.2, 0.25) is 0 Å². The van der Waals surface area contributed by atoms with E-state index >= 15 is 0 Å². The molecule has 8 nitrogen and oxygen atoms in total. The summed E-state index contributed by atoms with van der Waals surface area (Å²) in [5.41, 5.74) is 1.85. The summed E-state index contributed by atoms with van der Waals surface area (Å²) in [7, 11) is -1.69. The lowest BCUT2D eigenvalue weighted by Gasteiger charge is -2.17. The van der Waals surface area contributed by atoms with Crippen molar-refractivity contribution in [1.29, 1.82) is 0 Å². The van der Waals surface area contributed by atoms with E-state index in [9.17, 15) is 13.5 Å². The molecule has 0 saturated carbocycles. The minimum atomic E-state index is -3.30. The number of methoxy groups -OCH3 is 1. The Hall–Kier alpha value is -2.92. The zero-order chi connectivity index (χ0) is 24.9. The predicted octanol–water partition coefficient (Wildman–Crippen LogP) is 4.89. The van der Waals surface area contributed by atoms with Crippen LogP contribution in [0.1, 0.15) is 31.2 Å². The lowest BCUT2D eigenvalue weighted by Crippen LogP contribution is -2.18. The molecule has 34 heavy (non-hydrogen) atoms. The maximum Gasteiger partial charge on any atom is 0.187 e. The van der Waals surface area contributed by atoms with Crippen LogP contribution in [0.4, 0.5) is 5.13 Å². The van der Waals surface area contributed by atoms with Gasteiger partial charge in [-0.3, -0.25) is 0 Å². The van der Waals surface area contributed by atoms with Gasteiger partial charge in [-0.05, 0) is 50.2 Å². The van der Waals surface area contributed by atoms with E-state index in [1.165, 1.54) is 23.5 Å². The van der Waals surface area contributed by atoms with Gasteiger partial charge in [-0.15, -0.1) is 11.3 Å². The monoisotopic (exact) mass is 504 g/mol. The van der Waals surface area contributed by atoms with E-state index in [1.807, 2.05) is 13.0 Å². The molecule has 1 unspecified atom stereocenters. The van der Waals surface area contributed by atoms with E-state index < -0.39 is 15.9 Å². The maximum absolute atomic E-state index is 11.7. The molecule has 0 aliphatic carbocycles. The molecule has 1 heterocycles. The Bertz CT molecular complexity index is 1240. The normalized spacial score (nSPS) is 13.2. The van der Waals surface area contributed by atoms with Crippen LogP contribution in [0.25, 0.3) is 5.70 Å². The number of hydrogen-bond donors (Lipinski definition) is 2. The summed E-state index contributed by atoms with van der Waals surface area (Å²) >= 11 is 1.36. The van der Waals surface area contributed by atoms with Gasteiger partial charge in [0.1, 0.15) is 23.4 Å². The van der Waals surface area contributed by atoms with Gasteiger partial charge in [0, 0.05) is 36.1 Å². The van der Waals surface area contributed by atoms with Gasteiger partial charge >= 0.3 is 0 Å². The number of ether oxygens (including phenoxy) is 3. The fourth-order valence-electron chi connectivity index (χ4n) is 3.00. The third-order valence-electron chi connectivity index (χ3n) is 4.66. The molecule has 3 rings (SSSR count). The van der Waals surface area contributed by atoms with Crippen molar-refractivity contribution < 1.29 is 27.7 Å². The predicted molar refractivity (Wildman–Crippen MR) is 133 cm³/mol. The van der Waals surface area contributed by atoms with Crippen LogP contribution in [0.15, 0.2) is 59.3 Å². The zero-order valence-electron chi connectivity index (χ0n) is 19.4. The van der Waals surface area contributed by atoms with E-state index in [4.69, 9.17) is 14.2 Å². The summed E-state index contributed by atoms with van der Waals surface area (Å²) in [6, 6.07) is 11.5. The van der Waals surface area contributed by atoms with Gasteiger partial charge in [-0.25, -0.2) is 13.4 Å². The molecule has 2 N–H and O–H groups in total. The van der Waals surface area contributed by atoms with Crippen molar-refractivity contribution in [3.63, 3.8) is 0 Å². The Balaban J connectivity index is 1.87. The standard InChI is InChI=1S/C24H28N2O6S2/c1-15(13-30-4)31-20-10-18(16(2)25-24-26-23(14-33-24)17(3)27)11-21(12-20)32-19-6-8-22(9-7-19)34(5,28)29/h6-12,14-15,17,27H,2,13H2,1,3-5H3,(H,25,26)/t15-,17?/m0/s1. The number of nitrogens with zero attached hydrogens (tertiary/aromatic N) is 1. The van der Waals surface area contributed by atoms with E-state index in [0.717, 1.165) is 6.26 Å². The number of aliphatic hydroxyl groups excluding tert-OH is 1. The van der Waals surface area contributed by atoms with Crippen LogP contribution in [0, 0.1) is 0 Å². The number of sulfone groups is 1. The van der Waals surface area contributed by atoms with Crippen molar-refractivity contribution in [2.75, 3.05) is 25.3 Å². The van der Waals surface area contributed by atoms with Gasteiger partial charge in [0.25, 0.3) is 0 Å². The number of nitrogens with one attached hydrogen (secondary N) is 1. The first-order chi connectivity index (χ1) is 16.0. The van der Waals surface area contributed by atoms with Crippen LogP contribution >= 0.6 is 11.3 Å². The average molecular weight is 505 g/mol. The van der Waals surface area contributed by atoms with Gasteiger partial charge in [0.15, 0.2) is 15.0 Å². The van der Waals surface area contributed by atoms with Crippen molar-refractivity contribution in [1.82, 2.24) is 4.98 Å². The Morgan fingerprint density at radius 3 is 2.41 bits per heavy atom. The van der Waals surface area contributed by atoms with Crippen molar-refractivity contribution in [3.8, 4) is 17.2 Å². The molecule has 0 aliphatic heterocycles. The molecule has 0 radical (unpaired) electrons. The second-order valence-corrected chi connectivity index (χ2v) is 10.7. The molecule has 0 bridgehead atoms. The second kappa shape index (κ2) is 11.0. The highest BCUT2D eigenvalue weighted by Crippen LogP contribution is 2.32. The van der Waals surface area contributed by atoms with Crippen LogP contribution in [-0.2, 0) is 14.6 Å². The average Bonchev–Trinajstić information content (AvgIpc) is 3.22. The highest BCUT2D eigenvalue weighted by atomic mass is 32.2. The molecule has 2 atom stereocenters. The highest BCUT2D eigenvalue weighted by Gasteiger charge is 2.13. The first-order valence-electron chi connectivity index (χ1n) is 10.4. The Morgan fingerprint density at radius 2 is 1.82 bits per heavy atom. The Morgan fingerprint density at radius 1 is 1.15 bits per heavy atom. The molecular weight excluding hydrogens is 476 g/mol. The lowest BCUT2D eigenvalue weighted by atomic mass is 10.1. The van der Waals surface area contributed by atoms with E-state index in [-0.39, 0.29) is 11.0 Å². The summed E-state index contributed by atoms with van der Waals surface area (Å²) in [5.74, 6) is 1.51. The van der Waals surface area contributed by atoms with Crippen molar-refractivity contribution in [2.45, 2.75) is 31.0 Å². The summed E-state index contributed by atoms with van der Waals surface area (Å²) in [4.78, 5) is 4.57. The molecule has 1 aromatic heterocycles. The van der Waals surface area contributed by atoms with Crippen LogP contribution in [-0.4, -0.2) is 44.6 Å². The van der Waals surface area contributed by atoms with Crippen molar-refractivity contribution >= 4 is 32.0 Å². The molecule has 0 amide bonds. The largest absolute Gasteiger partial charge is 0.488 e. The number of thiazole rings is 1. The molecule has 0 spiro atoms. The first kappa shape index (κ1) is 25.7. The van der Waals surface area contributed by atoms with Crippen LogP contribution < -0.4 is 14.8 Å². The smallest absolute Gasteiger partial charge is 0.187 e. The topological polar surface area (TPSA) is 107 Å². The zero-order valence-corrected chi connectivity index (χ0v) is 21.1. The van der Waals surface area contributed by atoms with E-state index in [1.54, 1.807) is 43.7 Å². The van der Waals surface area contributed by atoms with E-state index in [2.05, 4.69) is 16.9 Å². The SMILES string of the molecule is C=C(Nc1nc(C(C)O)cs1)c1cc(Oc2ccc(S(C)(=O)=O)cc2)cc(O[C@@H](C)COC)c1. The second-order valence-electron chi connectivity index (χ2n) is 7.78. The molecule has 0 aliphatic rings. The molecule has 0 saturated heterocycles. The minimum absolute atomic E-state index is 0.198. The third kappa shape index (κ3) is 7.04. The Labute approximate surface area is 203 Å². The lowest BCUT2D eigenvalue weighted by molar-refractivity contribution is 0.0919. The number of hydrogen-bond acceptors (Lipinski definition) is 9. The minimum Gasteiger partial charge on any atom is -0.488 e. The number of aliphatic hydroxyl groups is 1. The van der Waals surface area contributed by atoms with Crippen LogP contribution in [0.5, 0.6) is 17.2 Å². The number of benzene rings is 2. The molecule has 10 heteroatoms. The molecule has 0 fully saturated rings. The quantitative estimate of drug-likeness (QED) is 0.380. The summed E-state index contributed by atoms with van der Waals surface area (Å²) in [6.45, 7) is 8.06.